The van der Waals surface area contributed by atoms with E-state index in [1.54, 1.807) is 29.5 Å². The van der Waals surface area contributed by atoms with Gasteiger partial charge >= 0.3 is 0 Å². The van der Waals surface area contributed by atoms with Crippen LogP contribution in [0.4, 0.5) is 10.1 Å². The fourth-order valence-corrected chi connectivity index (χ4v) is 2.22. The van der Waals surface area contributed by atoms with E-state index in [4.69, 9.17) is 0 Å². The summed E-state index contributed by atoms with van der Waals surface area (Å²) in [5.41, 5.74) is 0.189. The molecule has 0 aliphatic carbocycles. The van der Waals surface area contributed by atoms with Crippen molar-refractivity contribution >= 4 is 29.0 Å². The lowest BCUT2D eigenvalue weighted by Gasteiger charge is -2.02. The van der Waals surface area contributed by atoms with Crippen LogP contribution in [0, 0.1) is 12.7 Å². The maximum Gasteiger partial charge on any atom is 0.248 e. The Morgan fingerprint density at radius 2 is 2.06 bits per heavy atom. The number of amides is 1. The molecule has 0 saturated carbocycles. The predicted molar refractivity (Wildman–Crippen MR) is 73.1 cm³/mol. The molecule has 1 amide bonds. The van der Waals surface area contributed by atoms with Crippen LogP contribution in [0.15, 0.2) is 42.5 Å². The molecule has 0 spiro atoms. The number of para-hydroxylation sites is 1. The van der Waals surface area contributed by atoms with Gasteiger partial charge in [0.05, 0.1) is 5.69 Å². The molecule has 0 bridgehead atoms. The average molecular weight is 261 g/mol. The van der Waals surface area contributed by atoms with E-state index in [1.165, 1.54) is 23.1 Å². The number of carbonyl (C=O) groups is 1. The van der Waals surface area contributed by atoms with Gasteiger partial charge in [-0.25, -0.2) is 4.39 Å². The van der Waals surface area contributed by atoms with Gasteiger partial charge in [0.1, 0.15) is 5.82 Å². The van der Waals surface area contributed by atoms with Crippen molar-refractivity contribution < 1.29 is 9.18 Å². The van der Waals surface area contributed by atoms with Crippen molar-refractivity contribution in [3.63, 3.8) is 0 Å². The Morgan fingerprint density at radius 1 is 1.28 bits per heavy atom. The van der Waals surface area contributed by atoms with E-state index in [-0.39, 0.29) is 11.6 Å². The Kier molecular flexibility index (Phi) is 3.89. The van der Waals surface area contributed by atoms with E-state index in [0.717, 1.165) is 4.88 Å². The molecule has 1 N–H and O–H groups in total. The molecule has 0 fully saturated rings. The van der Waals surface area contributed by atoms with Gasteiger partial charge in [-0.15, -0.1) is 11.3 Å². The van der Waals surface area contributed by atoms with Gasteiger partial charge in [0.15, 0.2) is 0 Å². The monoisotopic (exact) mass is 261 g/mol. The Bertz CT molecular complexity index is 589. The van der Waals surface area contributed by atoms with Crippen molar-refractivity contribution in [2.24, 2.45) is 0 Å². The summed E-state index contributed by atoms with van der Waals surface area (Å²) >= 11 is 1.60. The van der Waals surface area contributed by atoms with Gasteiger partial charge in [-0.3, -0.25) is 4.79 Å². The SMILES string of the molecule is Cc1ccc(/C=C/C(=O)Nc2ccccc2F)s1. The molecule has 1 aromatic heterocycles. The van der Waals surface area contributed by atoms with Gasteiger partial charge in [0, 0.05) is 15.8 Å². The number of carbonyl (C=O) groups excluding carboxylic acids is 1. The van der Waals surface area contributed by atoms with E-state index >= 15 is 0 Å². The minimum atomic E-state index is -0.439. The van der Waals surface area contributed by atoms with E-state index in [9.17, 15) is 9.18 Å². The molecule has 0 unspecified atom stereocenters. The van der Waals surface area contributed by atoms with Crippen molar-refractivity contribution in [2.75, 3.05) is 5.32 Å². The highest BCUT2D eigenvalue weighted by atomic mass is 32.1. The smallest absolute Gasteiger partial charge is 0.248 e. The zero-order valence-electron chi connectivity index (χ0n) is 9.81. The Morgan fingerprint density at radius 3 is 2.72 bits per heavy atom. The third-order valence-corrected chi connectivity index (χ3v) is 3.26. The number of anilines is 1. The lowest BCUT2D eigenvalue weighted by molar-refractivity contribution is -0.111. The lowest BCUT2D eigenvalue weighted by Crippen LogP contribution is -2.08. The van der Waals surface area contributed by atoms with Crippen LogP contribution in [-0.2, 0) is 4.79 Å². The molecule has 0 atom stereocenters. The summed E-state index contributed by atoms with van der Waals surface area (Å²) in [7, 11) is 0. The second-order valence-corrected chi connectivity index (χ2v) is 5.07. The second-order valence-electron chi connectivity index (χ2n) is 3.75. The number of hydrogen-bond acceptors (Lipinski definition) is 2. The maximum atomic E-state index is 13.3. The first-order chi connectivity index (χ1) is 8.65. The van der Waals surface area contributed by atoms with Gasteiger partial charge in [-0.1, -0.05) is 12.1 Å². The molecule has 18 heavy (non-hydrogen) atoms. The van der Waals surface area contributed by atoms with Crippen LogP contribution in [0.1, 0.15) is 9.75 Å². The minimum absolute atomic E-state index is 0.189. The van der Waals surface area contributed by atoms with Crippen molar-refractivity contribution in [3.8, 4) is 0 Å². The summed E-state index contributed by atoms with van der Waals surface area (Å²) in [4.78, 5) is 13.8. The number of thiophene rings is 1. The van der Waals surface area contributed by atoms with Gasteiger partial charge in [0.2, 0.25) is 5.91 Å². The number of halogens is 1. The van der Waals surface area contributed by atoms with E-state index in [2.05, 4.69) is 5.32 Å². The van der Waals surface area contributed by atoms with Crippen molar-refractivity contribution in [1.29, 1.82) is 0 Å². The molecule has 2 rings (SSSR count). The molecule has 0 radical (unpaired) electrons. The fourth-order valence-electron chi connectivity index (χ4n) is 1.44. The summed E-state index contributed by atoms with van der Waals surface area (Å²) in [6.07, 6.45) is 3.12. The molecular formula is C14H12FNOS. The third kappa shape index (κ3) is 3.28. The van der Waals surface area contributed by atoms with Crippen LogP contribution < -0.4 is 5.32 Å². The molecule has 0 aliphatic heterocycles. The minimum Gasteiger partial charge on any atom is -0.320 e. The maximum absolute atomic E-state index is 13.3. The summed E-state index contributed by atoms with van der Waals surface area (Å²) in [6.45, 7) is 2.00. The van der Waals surface area contributed by atoms with E-state index in [0.29, 0.717) is 0 Å². The lowest BCUT2D eigenvalue weighted by atomic mass is 10.3. The summed E-state index contributed by atoms with van der Waals surface area (Å²) < 4.78 is 13.3. The highest BCUT2D eigenvalue weighted by molar-refractivity contribution is 7.12. The summed E-state index contributed by atoms with van der Waals surface area (Å²) in [6, 6.07) is 10.0. The average Bonchev–Trinajstić information content (AvgIpc) is 2.76. The highest BCUT2D eigenvalue weighted by Crippen LogP contribution is 2.17. The number of aryl methyl sites for hydroxylation is 1. The zero-order chi connectivity index (χ0) is 13.0. The molecule has 0 aliphatic rings. The quantitative estimate of drug-likeness (QED) is 0.835. The van der Waals surface area contributed by atoms with Gasteiger partial charge < -0.3 is 5.32 Å². The van der Waals surface area contributed by atoms with Gasteiger partial charge in [0.25, 0.3) is 0 Å². The Hall–Kier alpha value is -1.94. The molecule has 0 saturated heterocycles. The topological polar surface area (TPSA) is 29.1 Å². The molecule has 92 valence electrons. The largest absolute Gasteiger partial charge is 0.320 e. The van der Waals surface area contributed by atoms with Crippen LogP contribution in [0.25, 0.3) is 6.08 Å². The highest BCUT2D eigenvalue weighted by Gasteiger charge is 2.02. The van der Waals surface area contributed by atoms with Gasteiger partial charge in [-0.05, 0) is 37.3 Å². The van der Waals surface area contributed by atoms with E-state index in [1.807, 2.05) is 19.1 Å². The first-order valence-corrected chi connectivity index (χ1v) is 6.27. The molecule has 2 aromatic rings. The first kappa shape index (κ1) is 12.5. The van der Waals surface area contributed by atoms with Crippen LogP contribution in [0.2, 0.25) is 0 Å². The first-order valence-electron chi connectivity index (χ1n) is 5.45. The Balaban J connectivity index is 2.01. The number of nitrogens with one attached hydrogen (secondary N) is 1. The number of rotatable bonds is 3. The van der Waals surface area contributed by atoms with Crippen molar-refractivity contribution in [3.05, 3.63) is 58.0 Å². The third-order valence-electron chi connectivity index (χ3n) is 2.29. The van der Waals surface area contributed by atoms with Crippen molar-refractivity contribution in [2.45, 2.75) is 6.92 Å². The summed E-state index contributed by atoms with van der Waals surface area (Å²) in [5.74, 6) is -0.780. The van der Waals surface area contributed by atoms with Crippen LogP contribution >= 0.6 is 11.3 Å². The van der Waals surface area contributed by atoms with Gasteiger partial charge in [-0.2, -0.15) is 0 Å². The standard InChI is InChI=1S/C14H12FNOS/c1-10-6-7-11(18-10)8-9-14(17)16-13-5-3-2-4-12(13)15/h2-9H,1H3,(H,16,17)/b9-8+. The van der Waals surface area contributed by atoms with Crippen molar-refractivity contribution in [1.82, 2.24) is 0 Å². The molecule has 2 nitrogen and oxygen atoms in total. The second kappa shape index (κ2) is 5.60. The molecule has 1 heterocycles. The molecule has 4 heteroatoms. The van der Waals surface area contributed by atoms with Crippen LogP contribution in [-0.4, -0.2) is 5.91 Å². The molecule has 1 aromatic carbocycles. The molecular weight excluding hydrogens is 249 g/mol. The number of benzene rings is 1. The van der Waals surface area contributed by atoms with E-state index < -0.39 is 5.82 Å². The fraction of sp³-hybridized carbons (Fsp3) is 0.0714. The zero-order valence-corrected chi connectivity index (χ0v) is 10.6. The van der Waals surface area contributed by atoms with Crippen LogP contribution in [0.5, 0.6) is 0 Å². The van der Waals surface area contributed by atoms with Crippen LogP contribution in [0.3, 0.4) is 0 Å². The number of hydrogen-bond donors (Lipinski definition) is 1. The normalized spacial score (nSPS) is 10.8. The predicted octanol–water partition coefficient (Wildman–Crippen LogP) is 3.85. The summed E-state index contributed by atoms with van der Waals surface area (Å²) in [5, 5.41) is 2.49. The Labute approximate surface area is 109 Å².